The van der Waals surface area contributed by atoms with Crippen LogP contribution in [0.15, 0.2) is 23.3 Å². The third-order valence-corrected chi connectivity index (χ3v) is 3.76. The van der Waals surface area contributed by atoms with Gasteiger partial charge in [-0.3, -0.25) is 4.79 Å². The van der Waals surface area contributed by atoms with Gasteiger partial charge in [0.1, 0.15) is 0 Å². The van der Waals surface area contributed by atoms with Gasteiger partial charge >= 0.3 is 0 Å². The van der Waals surface area contributed by atoms with Crippen LogP contribution in [0.5, 0.6) is 0 Å². The van der Waals surface area contributed by atoms with E-state index in [1.165, 1.54) is 11.1 Å². The molecule has 1 heteroatoms. The van der Waals surface area contributed by atoms with E-state index < -0.39 is 0 Å². The number of hydrogen-bond donors (Lipinski definition) is 0. The Morgan fingerprint density at radius 1 is 1.21 bits per heavy atom. The quantitative estimate of drug-likeness (QED) is 0.471. The van der Waals surface area contributed by atoms with Gasteiger partial charge in [-0.15, -0.1) is 0 Å². The van der Waals surface area contributed by atoms with E-state index in [0.29, 0.717) is 5.92 Å². The second-order valence-corrected chi connectivity index (χ2v) is 6.91. The van der Waals surface area contributed by atoms with Crippen molar-refractivity contribution < 1.29 is 4.79 Å². The summed E-state index contributed by atoms with van der Waals surface area (Å²) in [5, 5.41) is 0. The Kier molecular flexibility index (Phi) is 6.25. The molecular formula is C18H32O. The second-order valence-electron chi connectivity index (χ2n) is 6.91. The van der Waals surface area contributed by atoms with Gasteiger partial charge < -0.3 is 0 Å². The van der Waals surface area contributed by atoms with Crippen LogP contribution in [0, 0.1) is 16.7 Å². The largest absolute Gasteiger partial charge is 0.295 e. The number of carbonyl (C=O) groups excluding carboxylic acids is 1. The van der Waals surface area contributed by atoms with E-state index in [9.17, 15) is 4.79 Å². The molecule has 0 aliphatic heterocycles. The fourth-order valence-corrected chi connectivity index (χ4v) is 4.20. The summed E-state index contributed by atoms with van der Waals surface area (Å²) in [7, 11) is 0. The molecule has 1 aliphatic rings. The monoisotopic (exact) mass is 264 g/mol. The van der Waals surface area contributed by atoms with E-state index in [1.807, 2.05) is 19.9 Å². The third kappa shape index (κ3) is 4.63. The Labute approximate surface area is 120 Å². The first kappa shape index (κ1) is 18.1. The fourth-order valence-electron chi connectivity index (χ4n) is 4.20. The molecule has 0 aromatic rings. The number of ketones is 1. The maximum Gasteiger partial charge on any atom is 0.152 e. The smallest absolute Gasteiger partial charge is 0.152 e. The molecule has 1 atom stereocenters. The van der Waals surface area contributed by atoms with Crippen molar-refractivity contribution in [1.82, 2.24) is 0 Å². The number of carbonyl (C=O) groups is 1. The van der Waals surface area contributed by atoms with Gasteiger partial charge in [-0.05, 0) is 50.0 Å². The highest BCUT2D eigenvalue weighted by atomic mass is 16.1. The van der Waals surface area contributed by atoms with E-state index in [0.717, 1.165) is 6.42 Å². The minimum atomic E-state index is 0.127. The predicted octanol–water partition coefficient (Wildman–Crippen LogP) is 5.57. The van der Waals surface area contributed by atoms with Crippen LogP contribution in [-0.4, -0.2) is 5.78 Å². The molecule has 0 saturated carbocycles. The van der Waals surface area contributed by atoms with E-state index >= 15 is 0 Å². The first-order valence-corrected chi connectivity index (χ1v) is 7.43. The molecule has 110 valence electrons. The highest BCUT2D eigenvalue weighted by molar-refractivity contribution is 5.88. The molecule has 0 aromatic heterocycles. The van der Waals surface area contributed by atoms with Gasteiger partial charge in [0.15, 0.2) is 5.78 Å². The summed E-state index contributed by atoms with van der Waals surface area (Å²) >= 11 is 0. The lowest BCUT2D eigenvalue weighted by atomic mass is 9.56. The Bertz CT molecular complexity index is 380. The standard InChI is InChI=1S/C16H26O.C2H6/c1-11-9-15(4,5)14(16(6,7)10-11)12(2)8-13(3)17;1-2/h8-9,14H,10H2,1-7H3;1-2H3/b12-8+;. The van der Waals surface area contributed by atoms with Gasteiger partial charge in [-0.25, -0.2) is 0 Å². The summed E-state index contributed by atoms with van der Waals surface area (Å²) in [6, 6.07) is 0. The Balaban J connectivity index is 0.00000154. The fraction of sp³-hybridized carbons (Fsp3) is 0.722. The van der Waals surface area contributed by atoms with Crippen LogP contribution in [-0.2, 0) is 4.79 Å². The van der Waals surface area contributed by atoms with Crippen LogP contribution in [0.4, 0.5) is 0 Å². The molecule has 0 fully saturated rings. The van der Waals surface area contributed by atoms with Crippen molar-refractivity contribution in [2.24, 2.45) is 16.7 Å². The van der Waals surface area contributed by atoms with Gasteiger partial charge in [-0.1, -0.05) is 58.8 Å². The van der Waals surface area contributed by atoms with Gasteiger partial charge in [-0.2, -0.15) is 0 Å². The van der Waals surface area contributed by atoms with Crippen molar-refractivity contribution >= 4 is 5.78 Å². The summed E-state index contributed by atoms with van der Waals surface area (Å²) < 4.78 is 0. The van der Waals surface area contributed by atoms with E-state index in [2.05, 4.69) is 47.6 Å². The summed E-state index contributed by atoms with van der Waals surface area (Å²) in [6.07, 6.45) is 5.30. The van der Waals surface area contributed by atoms with Crippen molar-refractivity contribution in [2.75, 3.05) is 0 Å². The summed E-state index contributed by atoms with van der Waals surface area (Å²) in [6.45, 7) is 19.1. The first-order chi connectivity index (χ1) is 8.56. The highest BCUT2D eigenvalue weighted by Crippen LogP contribution is 2.52. The Hall–Kier alpha value is -0.850. The number of hydrogen-bond acceptors (Lipinski definition) is 1. The van der Waals surface area contributed by atoms with Crippen LogP contribution >= 0.6 is 0 Å². The van der Waals surface area contributed by atoms with Gasteiger partial charge in [0.05, 0.1) is 0 Å². The normalized spacial score (nSPS) is 25.0. The molecule has 0 saturated heterocycles. The zero-order valence-electron chi connectivity index (χ0n) is 14.3. The maximum atomic E-state index is 11.3. The zero-order valence-corrected chi connectivity index (χ0v) is 14.3. The molecule has 1 aliphatic carbocycles. The van der Waals surface area contributed by atoms with E-state index in [-0.39, 0.29) is 16.6 Å². The third-order valence-electron chi connectivity index (χ3n) is 3.76. The van der Waals surface area contributed by atoms with Crippen molar-refractivity contribution in [2.45, 2.75) is 68.7 Å². The Morgan fingerprint density at radius 2 is 1.68 bits per heavy atom. The molecular weight excluding hydrogens is 232 g/mol. The van der Waals surface area contributed by atoms with Crippen LogP contribution in [0.25, 0.3) is 0 Å². The Morgan fingerprint density at radius 3 is 2.05 bits per heavy atom. The topological polar surface area (TPSA) is 17.1 Å². The second kappa shape index (κ2) is 6.54. The van der Waals surface area contributed by atoms with Crippen molar-refractivity contribution in [3.63, 3.8) is 0 Å². The molecule has 0 radical (unpaired) electrons. The van der Waals surface area contributed by atoms with Gasteiger partial charge in [0.2, 0.25) is 0 Å². The molecule has 1 nitrogen and oxygen atoms in total. The molecule has 0 heterocycles. The lowest BCUT2D eigenvalue weighted by Crippen LogP contribution is -2.39. The van der Waals surface area contributed by atoms with Crippen LogP contribution in [0.2, 0.25) is 0 Å². The molecule has 1 rings (SSSR count). The molecule has 0 N–H and O–H groups in total. The van der Waals surface area contributed by atoms with Crippen molar-refractivity contribution in [3.05, 3.63) is 23.3 Å². The minimum Gasteiger partial charge on any atom is -0.295 e. The summed E-state index contributed by atoms with van der Waals surface area (Å²) in [5.41, 5.74) is 3.03. The molecule has 19 heavy (non-hydrogen) atoms. The molecule has 0 aromatic carbocycles. The highest BCUT2D eigenvalue weighted by Gasteiger charge is 2.43. The average Bonchev–Trinajstić information content (AvgIpc) is 2.13. The molecule has 1 unspecified atom stereocenters. The summed E-state index contributed by atoms with van der Waals surface area (Å²) in [4.78, 5) is 11.3. The maximum absolute atomic E-state index is 11.3. The zero-order chi connectivity index (χ0) is 15.4. The number of rotatable bonds is 2. The average molecular weight is 264 g/mol. The lowest BCUT2D eigenvalue weighted by molar-refractivity contribution is -0.112. The van der Waals surface area contributed by atoms with Crippen LogP contribution in [0.1, 0.15) is 68.7 Å². The molecule has 0 amide bonds. The van der Waals surface area contributed by atoms with E-state index in [4.69, 9.17) is 0 Å². The SMILES string of the molecule is CC.CC(=O)/C=C(\C)C1C(C)(C)C=C(C)CC1(C)C. The number of allylic oxidation sites excluding steroid dienone is 4. The van der Waals surface area contributed by atoms with Crippen LogP contribution in [0.3, 0.4) is 0 Å². The molecule has 0 spiro atoms. The predicted molar refractivity (Wildman–Crippen MR) is 85.2 cm³/mol. The van der Waals surface area contributed by atoms with Gasteiger partial charge in [0.25, 0.3) is 0 Å². The van der Waals surface area contributed by atoms with Crippen LogP contribution < -0.4 is 0 Å². The lowest BCUT2D eigenvalue weighted by Gasteiger charge is -2.48. The first-order valence-electron chi connectivity index (χ1n) is 7.43. The van der Waals surface area contributed by atoms with Gasteiger partial charge in [0, 0.05) is 0 Å². The van der Waals surface area contributed by atoms with Crippen molar-refractivity contribution in [1.29, 1.82) is 0 Å². The minimum absolute atomic E-state index is 0.127. The van der Waals surface area contributed by atoms with Crippen molar-refractivity contribution in [3.8, 4) is 0 Å². The van der Waals surface area contributed by atoms with E-state index in [1.54, 1.807) is 6.92 Å². The molecule has 0 bridgehead atoms. The summed E-state index contributed by atoms with van der Waals surface area (Å²) in [5.74, 6) is 0.586.